The van der Waals surface area contributed by atoms with Gasteiger partial charge in [0.05, 0.1) is 17.7 Å². The Balaban J connectivity index is 1.75. The van der Waals surface area contributed by atoms with Crippen LogP contribution in [0, 0.1) is 18.3 Å². The van der Waals surface area contributed by atoms with Crippen molar-refractivity contribution < 1.29 is 9.59 Å². The second-order valence-corrected chi connectivity index (χ2v) is 6.40. The number of amides is 2. The van der Waals surface area contributed by atoms with Gasteiger partial charge in [-0.25, -0.2) is 0 Å². The van der Waals surface area contributed by atoms with Crippen molar-refractivity contribution in [1.82, 2.24) is 5.32 Å². The highest BCUT2D eigenvalue weighted by Gasteiger charge is 2.35. The molecule has 1 heterocycles. The lowest BCUT2D eigenvalue weighted by Crippen LogP contribution is -2.44. The molecule has 6 heteroatoms. The van der Waals surface area contributed by atoms with E-state index in [2.05, 4.69) is 5.32 Å². The highest BCUT2D eigenvalue weighted by Crippen LogP contribution is 2.24. The second-order valence-electron chi connectivity index (χ2n) is 6.40. The average molecular weight is 348 g/mol. The number of carbonyl (C=O) groups excluding carboxylic acids is 2. The molecule has 2 atom stereocenters. The number of rotatable bonds is 5. The number of aryl methyl sites for hydroxylation is 1. The van der Waals surface area contributed by atoms with Gasteiger partial charge in [0, 0.05) is 12.2 Å². The third-order valence-corrected chi connectivity index (χ3v) is 4.58. The van der Waals surface area contributed by atoms with Crippen LogP contribution in [0.4, 0.5) is 5.69 Å². The minimum atomic E-state index is -0.783. The van der Waals surface area contributed by atoms with Crippen LogP contribution >= 0.6 is 0 Å². The van der Waals surface area contributed by atoms with Crippen LogP contribution in [-0.2, 0) is 9.59 Å². The smallest absolute Gasteiger partial charge is 0.244 e. The Morgan fingerprint density at radius 3 is 2.46 bits per heavy atom. The first kappa shape index (κ1) is 17.6. The molecule has 0 bridgehead atoms. The molecule has 26 heavy (non-hydrogen) atoms. The van der Waals surface area contributed by atoms with Crippen LogP contribution in [0.3, 0.4) is 0 Å². The summed E-state index contributed by atoms with van der Waals surface area (Å²) in [4.78, 5) is 26.4. The number of hydrogen-bond donors (Lipinski definition) is 2. The van der Waals surface area contributed by atoms with Crippen molar-refractivity contribution in [3.05, 3.63) is 65.2 Å². The quantitative estimate of drug-likeness (QED) is 0.860. The van der Waals surface area contributed by atoms with Crippen LogP contribution in [0.1, 0.15) is 29.2 Å². The zero-order chi connectivity index (χ0) is 18.7. The molecule has 2 aromatic rings. The van der Waals surface area contributed by atoms with Crippen LogP contribution in [-0.4, -0.2) is 24.4 Å². The minimum absolute atomic E-state index is 0.0752. The van der Waals surface area contributed by atoms with Crippen molar-refractivity contribution in [3.63, 3.8) is 0 Å². The summed E-state index contributed by atoms with van der Waals surface area (Å²) in [5.74, 6) is -0.634. The van der Waals surface area contributed by atoms with E-state index in [0.29, 0.717) is 24.1 Å². The Kier molecular flexibility index (Phi) is 5.01. The van der Waals surface area contributed by atoms with Crippen molar-refractivity contribution >= 4 is 17.5 Å². The van der Waals surface area contributed by atoms with E-state index in [1.165, 1.54) is 0 Å². The maximum Gasteiger partial charge on any atom is 0.244 e. The number of nitrogens with zero attached hydrogens (tertiary/aromatic N) is 2. The summed E-state index contributed by atoms with van der Waals surface area (Å²) in [6, 6.07) is 15.1. The topological polar surface area (TPSA) is 99.2 Å². The number of carbonyl (C=O) groups is 2. The number of nitrogens with one attached hydrogen (secondary N) is 1. The minimum Gasteiger partial charge on any atom is -0.368 e. The fraction of sp³-hybridized carbons (Fsp3) is 0.250. The first-order valence-electron chi connectivity index (χ1n) is 8.43. The molecule has 1 aliphatic rings. The van der Waals surface area contributed by atoms with Crippen molar-refractivity contribution in [2.45, 2.75) is 25.4 Å². The van der Waals surface area contributed by atoms with Crippen molar-refractivity contribution in [2.24, 2.45) is 5.73 Å². The van der Waals surface area contributed by atoms with Crippen molar-refractivity contribution in [1.29, 1.82) is 5.26 Å². The molecule has 1 aliphatic heterocycles. The molecule has 0 saturated carbocycles. The van der Waals surface area contributed by atoms with Gasteiger partial charge >= 0.3 is 0 Å². The van der Waals surface area contributed by atoms with Crippen LogP contribution < -0.4 is 16.0 Å². The van der Waals surface area contributed by atoms with E-state index < -0.39 is 18.0 Å². The third-order valence-electron chi connectivity index (χ3n) is 4.58. The summed E-state index contributed by atoms with van der Waals surface area (Å²) in [7, 11) is 0. The van der Waals surface area contributed by atoms with Gasteiger partial charge in [-0.1, -0.05) is 29.8 Å². The SMILES string of the molecule is Cc1ccc(N2CC[C@H](N[C@H](C(N)=O)c3ccc(C#N)cc3)C2=O)cc1. The Bertz CT molecular complexity index is 853. The van der Waals surface area contributed by atoms with Gasteiger partial charge in [0.2, 0.25) is 11.8 Å². The summed E-state index contributed by atoms with van der Waals surface area (Å²) in [6.07, 6.45) is 0.590. The van der Waals surface area contributed by atoms with E-state index in [9.17, 15) is 9.59 Å². The van der Waals surface area contributed by atoms with Gasteiger partial charge in [0.25, 0.3) is 0 Å². The highest BCUT2D eigenvalue weighted by molar-refractivity contribution is 5.99. The maximum atomic E-state index is 12.7. The molecule has 3 rings (SSSR count). The van der Waals surface area contributed by atoms with Crippen LogP contribution in [0.2, 0.25) is 0 Å². The van der Waals surface area contributed by atoms with Gasteiger partial charge in [-0.2, -0.15) is 5.26 Å². The lowest BCUT2D eigenvalue weighted by molar-refractivity contribution is -0.121. The van der Waals surface area contributed by atoms with Gasteiger partial charge < -0.3 is 10.6 Å². The fourth-order valence-corrected chi connectivity index (χ4v) is 3.11. The van der Waals surface area contributed by atoms with Crippen LogP contribution in [0.25, 0.3) is 0 Å². The largest absolute Gasteiger partial charge is 0.368 e. The third kappa shape index (κ3) is 3.58. The molecule has 3 N–H and O–H groups in total. The zero-order valence-corrected chi connectivity index (χ0v) is 14.5. The number of nitrogens with two attached hydrogens (primary N) is 1. The number of anilines is 1. The Morgan fingerprint density at radius 1 is 1.23 bits per heavy atom. The van der Waals surface area contributed by atoms with E-state index >= 15 is 0 Å². The van der Waals surface area contributed by atoms with E-state index in [1.807, 2.05) is 37.3 Å². The lowest BCUT2D eigenvalue weighted by Gasteiger charge is -2.21. The Labute approximate surface area is 152 Å². The number of benzene rings is 2. The molecule has 6 nitrogen and oxygen atoms in total. The van der Waals surface area contributed by atoms with Crippen molar-refractivity contribution in [3.8, 4) is 6.07 Å². The van der Waals surface area contributed by atoms with Gasteiger partial charge in [-0.3, -0.25) is 14.9 Å². The molecule has 0 spiro atoms. The highest BCUT2D eigenvalue weighted by atomic mass is 16.2. The van der Waals surface area contributed by atoms with Gasteiger partial charge in [0.15, 0.2) is 0 Å². The molecule has 2 aromatic carbocycles. The fourth-order valence-electron chi connectivity index (χ4n) is 3.11. The van der Waals surface area contributed by atoms with E-state index in [-0.39, 0.29) is 5.91 Å². The van der Waals surface area contributed by atoms with E-state index in [0.717, 1.165) is 11.3 Å². The molecule has 2 amide bonds. The standard InChI is InChI=1S/C20H20N4O2/c1-13-2-8-16(9-3-13)24-11-10-17(20(24)26)23-18(19(22)25)15-6-4-14(12-21)5-7-15/h2-9,17-18,23H,10-11H2,1H3,(H2,22,25)/t17-,18-/m0/s1. The first-order chi connectivity index (χ1) is 12.5. The molecular formula is C20H20N4O2. The van der Waals surface area contributed by atoms with Gasteiger partial charge in [-0.05, 0) is 43.2 Å². The Hall–Kier alpha value is -3.17. The predicted octanol–water partition coefficient (Wildman–Crippen LogP) is 1.79. The number of primary amides is 1. The van der Waals surface area contributed by atoms with E-state index in [4.69, 9.17) is 11.0 Å². The molecule has 0 aliphatic carbocycles. The normalized spacial score (nSPS) is 17.8. The molecular weight excluding hydrogens is 328 g/mol. The average Bonchev–Trinajstić information content (AvgIpc) is 3.01. The summed E-state index contributed by atoms with van der Waals surface area (Å²) in [5.41, 5.74) is 8.65. The summed E-state index contributed by atoms with van der Waals surface area (Å²) >= 11 is 0. The lowest BCUT2D eigenvalue weighted by atomic mass is 10.0. The van der Waals surface area contributed by atoms with Crippen LogP contribution in [0.15, 0.2) is 48.5 Å². The van der Waals surface area contributed by atoms with Gasteiger partial charge in [-0.15, -0.1) is 0 Å². The molecule has 0 radical (unpaired) electrons. The van der Waals surface area contributed by atoms with Gasteiger partial charge in [0.1, 0.15) is 6.04 Å². The monoisotopic (exact) mass is 348 g/mol. The molecule has 132 valence electrons. The summed E-state index contributed by atoms with van der Waals surface area (Å²) in [6.45, 7) is 2.58. The molecule has 1 fully saturated rings. The molecule has 1 saturated heterocycles. The summed E-state index contributed by atoms with van der Waals surface area (Å²) in [5, 5.41) is 12.0. The van der Waals surface area contributed by atoms with Crippen molar-refractivity contribution in [2.75, 3.05) is 11.4 Å². The summed E-state index contributed by atoms with van der Waals surface area (Å²) < 4.78 is 0. The molecule has 0 aromatic heterocycles. The number of hydrogen-bond acceptors (Lipinski definition) is 4. The van der Waals surface area contributed by atoms with E-state index in [1.54, 1.807) is 29.2 Å². The molecule has 0 unspecified atom stereocenters. The van der Waals surface area contributed by atoms with Crippen LogP contribution in [0.5, 0.6) is 0 Å². The second kappa shape index (κ2) is 7.38. The maximum absolute atomic E-state index is 12.7. The predicted molar refractivity (Wildman–Crippen MR) is 98.2 cm³/mol. The number of nitriles is 1. The zero-order valence-electron chi connectivity index (χ0n) is 14.5. The first-order valence-corrected chi connectivity index (χ1v) is 8.43. The Morgan fingerprint density at radius 2 is 1.88 bits per heavy atom.